The van der Waals surface area contributed by atoms with Crippen LogP contribution >= 0.6 is 11.8 Å². The summed E-state index contributed by atoms with van der Waals surface area (Å²) in [6, 6.07) is 12.5. The van der Waals surface area contributed by atoms with Crippen molar-refractivity contribution in [2.45, 2.75) is 17.0 Å². The van der Waals surface area contributed by atoms with Gasteiger partial charge in [0.1, 0.15) is 0 Å². The van der Waals surface area contributed by atoms with Crippen LogP contribution in [0.5, 0.6) is 0 Å². The number of rotatable bonds is 7. The molecule has 2 aromatic heterocycles. The van der Waals surface area contributed by atoms with E-state index in [9.17, 15) is 13.2 Å². The van der Waals surface area contributed by atoms with Crippen LogP contribution < -0.4 is 4.90 Å². The molecule has 0 N–H and O–H groups in total. The smallest absolute Gasteiger partial charge is 0.244 e. The summed E-state index contributed by atoms with van der Waals surface area (Å²) in [5, 5.41) is 8.60. The molecule has 0 atom stereocenters. The number of sulfonamides is 1. The number of nitrogens with zero attached hydrogens (tertiary/aromatic N) is 5. The second-order valence-electron chi connectivity index (χ2n) is 6.13. The molecule has 28 heavy (non-hydrogen) atoms. The maximum atomic E-state index is 12.7. The topological polar surface area (TPSA) is 87.9 Å². The minimum atomic E-state index is -3.58. The Morgan fingerprint density at radius 2 is 1.82 bits per heavy atom. The van der Waals surface area contributed by atoms with Crippen LogP contribution in [0, 0.1) is 0 Å². The third kappa shape index (κ3) is 4.03. The summed E-state index contributed by atoms with van der Waals surface area (Å²) >= 11 is 1.22. The minimum Gasteiger partial charge on any atom is -0.312 e. The number of anilines is 1. The number of carbonyl (C=O) groups excluding carboxylic acids is 1. The van der Waals surface area contributed by atoms with Gasteiger partial charge >= 0.3 is 0 Å². The SMILES string of the molecule is CCN(C(=O)CSc1nnc2ccc(S(=O)(=O)N(C)C)cn12)c1ccccc1. The first kappa shape index (κ1) is 20.3. The first-order valence-electron chi connectivity index (χ1n) is 8.60. The van der Waals surface area contributed by atoms with Crippen LogP contribution in [0.15, 0.2) is 58.7 Å². The molecule has 8 nitrogen and oxygen atoms in total. The lowest BCUT2D eigenvalue weighted by Crippen LogP contribution is -2.32. The average molecular weight is 420 g/mol. The summed E-state index contributed by atoms with van der Waals surface area (Å²) < 4.78 is 27.5. The number of benzene rings is 1. The van der Waals surface area contributed by atoms with Crippen LogP contribution in [-0.4, -0.2) is 59.6 Å². The molecule has 2 heterocycles. The summed E-state index contributed by atoms with van der Waals surface area (Å²) in [7, 11) is -0.625. The van der Waals surface area contributed by atoms with Gasteiger partial charge < -0.3 is 4.90 Å². The van der Waals surface area contributed by atoms with Gasteiger partial charge in [-0.25, -0.2) is 12.7 Å². The Morgan fingerprint density at radius 1 is 1.11 bits per heavy atom. The van der Waals surface area contributed by atoms with E-state index < -0.39 is 10.0 Å². The lowest BCUT2D eigenvalue weighted by Gasteiger charge is -2.20. The highest BCUT2D eigenvalue weighted by atomic mass is 32.2. The van der Waals surface area contributed by atoms with Crippen molar-refractivity contribution in [3.05, 3.63) is 48.7 Å². The van der Waals surface area contributed by atoms with Crippen LogP contribution in [0.1, 0.15) is 6.92 Å². The first-order valence-corrected chi connectivity index (χ1v) is 11.0. The normalized spacial score (nSPS) is 11.9. The van der Waals surface area contributed by atoms with E-state index in [0.717, 1.165) is 9.99 Å². The molecule has 148 valence electrons. The maximum absolute atomic E-state index is 12.7. The molecule has 0 radical (unpaired) electrons. The second kappa shape index (κ2) is 8.29. The number of pyridine rings is 1. The zero-order valence-electron chi connectivity index (χ0n) is 15.8. The van der Waals surface area contributed by atoms with Crippen molar-refractivity contribution in [3.63, 3.8) is 0 Å². The molecule has 3 rings (SSSR count). The van der Waals surface area contributed by atoms with Crippen LogP contribution in [-0.2, 0) is 14.8 Å². The number of carbonyl (C=O) groups is 1. The minimum absolute atomic E-state index is 0.0625. The van der Waals surface area contributed by atoms with Gasteiger partial charge in [0.15, 0.2) is 10.8 Å². The molecule has 3 aromatic rings. The van der Waals surface area contributed by atoms with Gasteiger partial charge in [0.25, 0.3) is 0 Å². The van der Waals surface area contributed by atoms with Crippen molar-refractivity contribution in [1.29, 1.82) is 0 Å². The summed E-state index contributed by atoms with van der Waals surface area (Å²) in [4.78, 5) is 14.5. The highest BCUT2D eigenvalue weighted by molar-refractivity contribution is 7.99. The summed E-state index contributed by atoms with van der Waals surface area (Å²) in [5.41, 5.74) is 1.35. The van der Waals surface area contributed by atoms with Crippen LogP contribution in [0.2, 0.25) is 0 Å². The molecule has 1 amide bonds. The van der Waals surface area contributed by atoms with Crippen molar-refractivity contribution >= 4 is 39.0 Å². The van der Waals surface area contributed by atoms with Crippen molar-refractivity contribution in [2.24, 2.45) is 0 Å². The van der Waals surface area contributed by atoms with E-state index in [2.05, 4.69) is 10.2 Å². The summed E-state index contributed by atoms with van der Waals surface area (Å²) in [6.45, 7) is 2.47. The fourth-order valence-electron chi connectivity index (χ4n) is 2.63. The molecule has 0 bridgehead atoms. The monoisotopic (exact) mass is 419 g/mol. The van der Waals surface area contributed by atoms with Crippen LogP contribution in [0.25, 0.3) is 5.65 Å². The van der Waals surface area contributed by atoms with Gasteiger partial charge in [0.2, 0.25) is 15.9 Å². The van der Waals surface area contributed by atoms with Crippen molar-refractivity contribution in [2.75, 3.05) is 31.3 Å². The highest BCUT2D eigenvalue weighted by Gasteiger charge is 2.20. The lowest BCUT2D eigenvalue weighted by molar-refractivity contribution is -0.116. The third-order valence-corrected chi connectivity index (χ3v) is 6.86. The number of amides is 1. The standard InChI is InChI=1S/C18H21N5O3S2/c1-4-22(14-8-6-5-7-9-14)17(24)13-27-18-20-19-16-11-10-15(12-23(16)18)28(25,26)21(2)3/h5-12H,4,13H2,1-3H3. The van der Waals surface area contributed by atoms with Gasteiger partial charge in [-0.3, -0.25) is 9.20 Å². The number of hydrogen-bond donors (Lipinski definition) is 0. The Labute approximate surface area is 168 Å². The predicted octanol–water partition coefficient (Wildman–Crippen LogP) is 2.12. The molecule has 0 saturated heterocycles. The zero-order valence-corrected chi connectivity index (χ0v) is 17.4. The average Bonchev–Trinajstić information content (AvgIpc) is 3.10. The van der Waals surface area contributed by atoms with E-state index in [0.29, 0.717) is 17.3 Å². The number of thioether (sulfide) groups is 1. The van der Waals surface area contributed by atoms with Crippen molar-refractivity contribution in [3.8, 4) is 0 Å². The summed E-state index contributed by atoms with van der Waals surface area (Å²) in [5.74, 6) is 0.0984. The molecule has 0 aliphatic carbocycles. The van der Waals surface area contributed by atoms with Gasteiger partial charge in [-0.05, 0) is 31.2 Å². The molecule has 10 heteroatoms. The van der Waals surface area contributed by atoms with Crippen LogP contribution in [0.3, 0.4) is 0 Å². The molecule has 0 saturated carbocycles. The number of para-hydroxylation sites is 1. The van der Waals surface area contributed by atoms with E-state index in [4.69, 9.17) is 0 Å². The second-order valence-corrected chi connectivity index (χ2v) is 9.22. The molecule has 0 spiro atoms. The van der Waals surface area contributed by atoms with Gasteiger partial charge in [0.05, 0.1) is 10.6 Å². The largest absolute Gasteiger partial charge is 0.312 e. The van der Waals surface area contributed by atoms with E-state index in [1.165, 1.54) is 38.1 Å². The van der Waals surface area contributed by atoms with Gasteiger partial charge in [-0.2, -0.15) is 0 Å². The fourth-order valence-corrected chi connectivity index (χ4v) is 4.32. The predicted molar refractivity (Wildman–Crippen MR) is 109 cm³/mol. The molecule has 0 aliphatic heterocycles. The quantitative estimate of drug-likeness (QED) is 0.545. The summed E-state index contributed by atoms with van der Waals surface area (Å²) in [6.07, 6.45) is 1.48. The molecular weight excluding hydrogens is 398 g/mol. The molecule has 0 unspecified atom stereocenters. The molecule has 0 fully saturated rings. The Morgan fingerprint density at radius 3 is 2.46 bits per heavy atom. The van der Waals surface area contributed by atoms with Gasteiger partial charge in [-0.1, -0.05) is 30.0 Å². The highest BCUT2D eigenvalue weighted by Crippen LogP contribution is 2.22. The Kier molecular flexibility index (Phi) is 6.01. The number of fused-ring (bicyclic) bond motifs is 1. The van der Waals surface area contributed by atoms with Crippen molar-refractivity contribution < 1.29 is 13.2 Å². The Balaban J connectivity index is 1.82. The van der Waals surface area contributed by atoms with Gasteiger partial charge in [0, 0.05) is 32.5 Å². The number of hydrogen-bond acceptors (Lipinski definition) is 6. The maximum Gasteiger partial charge on any atom is 0.244 e. The Hall–Kier alpha value is -2.43. The van der Waals surface area contributed by atoms with E-state index in [1.807, 2.05) is 37.3 Å². The Bertz CT molecular complexity index is 1080. The first-order chi connectivity index (χ1) is 13.3. The molecule has 0 aliphatic rings. The van der Waals surface area contributed by atoms with E-state index >= 15 is 0 Å². The molecule has 1 aromatic carbocycles. The zero-order chi connectivity index (χ0) is 20.3. The van der Waals surface area contributed by atoms with Gasteiger partial charge in [-0.15, -0.1) is 10.2 Å². The number of aromatic nitrogens is 3. The van der Waals surface area contributed by atoms with E-state index in [1.54, 1.807) is 15.4 Å². The van der Waals surface area contributed by atoms with Crippen molar-refractivity contribution in [1.82, 2.24) is 18.9 Å². The lowest BCUT2D eigenvalue weighted by atomic mass is 10.3. The van der Waals surface area contributed by atoms with E-state index in [-0.39, 0.29) is 16.6 Å². The molecular formula is C18H21N5O3S2. The fraction of sp³-hybridized carbons (Fsp3) is 0.278. The van der Waals surface area contributed by atoms with Crippen LogP contribution in [0.4, 0.5) is 5.69 Å². The third-order valence-electron chi connectivity index (χ3n) is 4.13.